The highest BCUT2D eigenvalue weighted by atomic mass is 16.6. The molecule has 1 aliphatic carbocycles. The summed E-state index contributed by atoms with van der Waals surface area (Å²) < 4.78 is 17.5. The number of benzene rings is 1. The Bertz CT molecular complexity index is 830. The second kappa shape index (κ2) is 6.91. The van der Waals surface area contributed by atoms with Crippen LogP contribution in [0.4, 0.5) is 0 Å². The van der Waals surface area contributed by atoms with Gasteiger partial charge in [-0.25, -0.2) is 0 Å². The SMILES string of the molecule is O=C(Cc1noc2ccccc12)N1CCC[C@@]2(C[C@@H](OCC3CC3)CO2)C1. The molecule has 5 rings (SSSR count). The number of para-hydroxylation sites is 1. The summed E-state index contributed by atoms with van der Waals surface area (Å²) in [5.41, 5.74) is 1.21. The largest absolute Gasteiger partial charge is 0.375 e. The first-order chi connectivity index (χ1) is 13.2. The van der Waals surface area contributed by atoms with E-state index in [4.69, 9.17) is 14.0 Å². The lowest BCUT2D eigenvalue weighted by Crippen LogP contribution is -2.50. The van der Waals surface area contributed by atoms with Crippen molar-refractivity contribution in [2.45, 2.75) is 50.2 Å². The Morgan fingerprint density at radius 1 is 1.33 bits per heavy atom. The van der Waals surface area contributed by atoms with Crippen LogP contribution in [0.2, 0.25) is 0 Å². The van der Waals surface area contributed by atoms with Crippen LogP contribution in [-0.2, 0) is 20.7 Å². The fourth-order valence-electron chi connectivity index (χ4n) is 4.38. The Balaban J connectivity index is 1.22. The van der Waals surface area contributed by atoms with E-state index in [2.05, 4.69) is 5.16 Å². The highest BCUT2D eigenvalue weighted by molar-refractivity contribution is 5.86. The second-order valence-electron chi connectivity index (χ2n) is 8.32. The summed E-state index contributed by atoms with van der Waals surface area (Å²) >= 11 is 0. The number of aromatic nitrogens is 1. The van der Waals surface area contributed by atoms with Gasteiger partial charge in [-0.2, -0.15) is 0 Å². The van der Waals surface area contributed by atoms with E-state index in [0.717, 1.165) is 49.3 Å². The number of ether oxygens (including phenoxy) is 2. The molecule has 3 fully saturated rings. The van der Waals surface area contributed by atoms with Crippen LogP contribution < -0.4 is 0 Å². The monoisotopic (exact) mass is 370 g/mol. The van der Waals surface area contributed by atoms with E-state index in [-0.39, 0.29) is 24.0 Å². The fourth-order valence-corrected chi connectivity index (χ4v) is 4.38. The third kappa shape index (κ3) is 3.60. The highest BCUT2D eigenvalue weighted by Crippen LogP contribution is 2.37. The summed E-state index contributed by atoms with van der Waals surface area (Å²) in [6, 6.07) is 7.68. The minimum absolute atomic E-state index is 0.0964. The summed E-state index contributed by atoms with van der Waals surface area (Å²) in [5, 5.41) is 5.02. The number of likely N-dealkylation sites (tertiary alicyclic amines) is 1. The summed E-state index contributed by atoms with van der Waals surface area (Å²) in [6.45, 7) is 2.97. The van der Waals surface area contributed by atoms with Crippen molar-refractivity contribution in [1.29, 1.82) is 0 Å². The molecule has 0 bridgehead atoms. The van der Waals surface area contributed by atoms with Crippen LogP contribution in [-0.4, -0.2) is 54.0 Å². The molecule has 6 heteroatoms. The van der Waals surface area contributed by atoms with Crippen LogP contribution in [0.1, 0.15) is 37.8 Å². The van der Waals surface area contributed by atoms with Crippen LogP contribution in [0.15, 0.2) is 28.8 Å². The van der Waals surface area contributed by atoms with Crippen molar-refractivity contribution in [3.63, 3.8) is 0 Å². The van der Waals surface area contributed by atoms with Crippen molar-refractivity contribution >= 4 is 16.9 Å². The zero-order chi connectivity index (χ0) is 18.3. The van der Waals surface area contributed by atoms with Gasteiger partial charge in [0.25, 0.3) is 0 Å². The Hall–Kier alpha value is -1.92. The molecule has 144 valence electrons. The molecule has 2 aromatic rings. The lowest BCUT2D eigenvalue weighted by Gasteiger charge is -2.39. The van der Waals surface area contributed by atoms with E-state index < -0.39 is 0 Å². The van der Waals surface area contributed by atoms with Gasteiger partial charge in [0, 0.05) is 31.5 Å². The first-order valence-electron chi connectivity index (χ1n) is 10.1. The number of amides is 1. The summed E-state index contributed by atoms with van der Waals surface area (Å²) in [7, 11) is 0. The van der Waals surface area contributed by atoms with Gasteiger partial charge in [-0.3, -0.25) is 4.79 Å². The fraction of sp³-hybridized carbons (Fsp3) is 0.619. The van der Waals surface area contributed by atoms with E-state index in [1.54, 1.807) is 0 Å². The zero-order valence-electron chi connectivity index (χ0n) is 15.6. The Labute approximate surface area is 158 Å². The molecule has 1 amide bonds. The van der Waals surface area contributed by atoms with Gasteiger partial charge in [-0.15, -0.1) is 0 Å². The van der Waals surface area contributed by atoms with Crippen LogP contribution in [0.3, 0.4) is 0 Å². The van der Waals surface area contributed by atoms with Gasteiger partial charge in [-0.1, -0.05) is 17.3 Å². The predicted molar refractivity (Wildman–Crippen MR) is 99.3 cm³/mol. The average Bonchev–Trinajstić information content (AvgIpc) is 3.33. The number of fused-ring (bicyclic) bond motifs is 1. The first-order valence-corrected chi connectivity index (χ1v) is 10.1. The van der Waals surface area contributed by atoms with Crippen molar-refractivity contribution in [2.75, 3.05) is 26.3 Å². The lowest BCUT2D eigenvalue weighted by molar-refractivity contribution is -0.138. The molecule has 2 aliphatic heterocycles. The van der Waals surface area contributed by atoms with Crippen molar-refractivity contribution in [3.05, 3.63) is 30.0 Å². The maximum atomic E-state index is 12.9. The zero-order valence-corrected chi connectivity index (χ0v) is 15.6. The molecule has 1 aromatic heterocycles. The normalized spacial score (nSPS) is 28.3. The molecule has 6 nitrogen and oxygen atoms in total. The van der Waals surface area contributed by atoms with Gasteiger partial charge in [0.05, 0.1) is 24.7 Å². The number of hydrogen-bond acceptors (Lipinski definition) is 5. The topological polar surface area (TPSA) is 64.8 Å². The maximum absolute atomic E-state index is 12.9. The molecule has 1 spiro atoms. The van der Waals surface area contributed by atoms with Crippen LogP contribution in [0, 0.1) is 5.92 Å². The van der Waals surface area contributed by atoms with E-state index in [0.29, 0.717) is 18.8 Å². The molecule has 0 unspecified atom stereocenters. The predicted octanol–water partition coefficient (Wildman–Crippen LogP) is 2.95. The van der Waals surface area contributed by atoms with Crippen molar-refractivity contribution < 1.29 is 18.8 Å². The first kappa shape index (κ1) is 17.2. The van der Waals surface area contributed by atoms with Crippen molar-refractivity contribution in [2.24, 2.45) is 5.92 Å². The van der Waals surface area contributed by atoms with Gasteiger partial charge in [0.1, 0.15) is 5.69 Å². The van der Waals surface area contributed by atoms with E-state index in [1.807, 2.05) is 29.2 Å². The van der Waals surface area contributed by atoms with E-state index in [1.165, 1.54) is 12.8 Å². The van der Waals surface area contributed by atoms with Gasteiger partial charge >= 0.3 is 0 Å². The van der Waals surface area contributed by atoms with Gasteiger partial charge < -0.3 is 18.9 Å². The molecule has 0 N–H and O–H groups in total. The lowest BCUT2D eigenvalue weighted by atomic mass is 9.89. The standard InChI is InChI=1S/C21H26N2O4/c24-20(10-18-17-4-1-2-5-19(17)27-22-18)23-9-3-8-21(14-23)11-16(13-26-21)25-12-15-6-7-15/h1-2,4-5,15-16H,3,6-14H2/t16-,21-/m1/s1. The third-order valence-electron chi connectivity index (χ3n) is 6.10. The molecular weight excluding hydrogens is 344 g/mol. The van der Waals surface area contributed by atoms with Crippen LogP contribution in [0.25, 0.3) is 11.0 Å². The van der Waals surface area contributed by atoms with Gasteiger partial charge in [0.15, 0.2) is 5.58 Å². The number of nitrogens with zero attached hydrogens (tertiary/aromatic N) is 2. The summed E-state index contributed by atoms with van der Waals surface area (Å²) in [4.78, 5) is 14.9. The Morgan fingerprint density at radius 2 is 2.22 bits per heavy atom. The molecule has 3 aliphatic rings. The molecule has 2 saturated heterocycles. The minimum Gasteiger partial charge on any atom is -0.375 e. The second-order valence-corrected chi connectivity index (χ2v) is 8.32. The quantitative estimate of drug-likeness (QED) is 0.810. The molecule has 1 saturated carbocycles. The molecule has 1 aromatic carbocycles. The number of carbonyl (C=O) groups excluding carboxylic acids is 1. The molecule has 2 atom stereocenters. The van der Waals surface area contributed by atoms with Crippen molar-refractivity contribution in [1.82, 2.24) is 10.1 Å². The highest BCUT2D eigenvalue weighted by Gasteiger charge is 2.45. The Kier molecular flexibility index (Phi) is 4.40. The number of hydrogen-bond donors (Lipinski definition) is 0. The summed E-state index contributed by atoms with van der Waals surface area (Å²) in [6.07, 6.45) is 5.94. The number of piperidine rings is 1. The minimum atomic E-state index is -0.228. The van der Waals surface area contributed by atoms with Crippen LogP contribution >= 0.6 is 0 Å². The van der Waals surface area contributed by atoms with E-state index >= 15 is 0 Å². The molecule has 0 radical (unpaired) electrons. The number of carbonyl (C=O) groups is 1. The van der Waals surface area contributed by atoms with Crippen LogP contribution in [0.5, 0.6) is 0 Å². The van der Waals surface area contributed by atoms with E-state index in [9.17, 15) is 4.79 Å². The molecule has 27 heavy (non-hydrogen) atoms. The Morgan fingerprint density at radius 3 is 3.11 bits per heavy atom. The average molecular weight is 370 g/mol. The summed E-state index contributed by atoms with van der Waals surface area (Å²) in [5.74, 6) is 0.863. The van der Waals surface area contributed by atoms with Gasteiger partial charge in [-0.05, 0) is 43.7 Å². The maximum Gasteiger partial charge on any atom is 0.228 e. The molecule has 3 heterocycles. The number of rotatable bonds is 5. The smallest absolute Gasteiger partial charge is 0.228 e. The van der Waals surface area contributed by atoms with Gasteiger partial charge in [0.2, 0.25) is 5.91 Å². The molecular formula is C21H26N2O4. The van der Waals surface area contributed by atoms with Crippen molar-refractivity contribution in [3.8, 4) is 0 Å². The third-order valence-corrected chi connectivity index (χ3v) is 6.10.